The van der Waals surface area contributed by atoms with Crippen LogP contribution in [0.25, 0.3) is 33.2 Å². The number of hydrogen-bond donors (Lipinski definition) is 2. The Hall–Kier alpha value is -4.01. The number of piperidine rings is 1. The third kappa shape index (κ3) is 3.31. The fraction of sp³-hybridized carbons (Fsp3) is 0.261. The van der Waals surface area contributed by atoms with Crippen LogP contribution in [0.2, 0.25) is 0 Å². The smallest absolute Gasteiger partial charge is 0.329 e. The number of nitrogen functional groups attached to an aromatic ring is 1. The quantitative estimate of drug-likeness (QED) is 0.480. The molecule has 0 saturated carbocycles. The number of anilines is 1. The fourth-order valence-electron chi connectivity index (χ4n) is 4.36. The van der Waals surface area contributed by atoms with Crippen LogP contribution in [-0.2, 0) is 0 Å². The molecule has 0 unspecified atom stereocenters. The highest BCUT2D eigenvalue weighted by Crippen LogP contribution is 2.29. The van der Waals surface area contributed by atoms with E-state index in [4.69, 9.17) is 10.7 Å². The number of aromatic amines is 1. The van der Waals surface area contributed by atoms with Crippen LogP contribution in [0.3, 0.4) is 0 Å². The maximum atomic E-state index is 13.0. The van der Waals surface area contributed by atoms with E-state index in [1.54, 1.807) is 16.8 Å². The average molecular weight is 429 g/mol. The molecule has 0 amide bonds. The number of pyridine rings is 3. The Morgan fingerprint density at radius 1 is 1.12 bits per heavy atom. The molecule has 9 nitrogen and oxygen atoms in total. The summed E-state index contributed by atoms with van der Waals surface area (Å²) in [6, 6.07) is 7.16. The zero-order valence-electron chi connectivity index (χ0n) is 17.7. The summed E-state index contributed by atoms with van der Waals surface area (Å²) in [5, 5.41) is 0.347. The van der Waals surface area contributed by atoms with Crippen LogP contribution >= 0.6 is 0 Å². The van der Waals surface area contributed by atoms with Crippen molar-refractivity contribution in [3.05, 3.63) is 69.8 Å². The minimum Gasteiger partial charge on any atom is -0.384 e. The molecule has 0 radical (unpaired) electrons. The van der Waals surface area contributed by atoms with Gasteiger partial charge >= 0.3 is 5.69 Å². The Morgan fingerprint density at radius 3 is 2.59 bits per heavy atom. The van der Waals surface area contributed by atoms with Crippen molar-refractivity contribution >= 4 is 27.8 Å². The minimum atomic E-state index is -0.462. The van der Waals surface area contributed by atoms with Gasteiger partial charge in [0.2, 0.25) is 0 Å². The third-order valence-electron chi connectivity index (χ3n) is 6.06. The number of nitrogens with zero attached hydrogens (tertiary/aromatic N) is 5. The lowest BCUT2D eigenvalue weighted by Gasteiger charge is -2.34. The first kappa shape index (κ1) is 19.9. The molecule has 3 N–H and O–H groups in total. The van der Waals surface area contributed by atoms with Crippen LogP contribution in [0.4, 0.5) is 5.82 Å². The number of nitrogens with two attached hydrogens (primary N) is 1. The fourth-order valence-corrected chi connectivity index (χ4v) is 4.36. The number of allylic oxidation sites excluding steroid dienone is 1. The summed E-state index contributed by atoms with van der Waals surface area (Å²) in [5.41, 5.74) is 8.93. The maximum Gasteiger partial charge on any atom is 0.329 e. The van der Waals surface area contributed by atoms with E-state index in [-0.39, 0.29) is 6.04 Å². The Balaban J connectivity index is 1.74. The van der Waals surface area contributed by atoms with E-state index in [1.165, 1.54) is 6.20 Å². The van der Waals surface area contributed by atoms with Crippen LogP contribution in [0.15, 0.2) is 58.5 Å². The standard InChI is InChI=1S/C23H23N7O2/c1-13(2)29-9-7-15(8-10-29)30-21-16(22(31)28-23(30)32)12-25-18-5-4-17(27-20(18)21)14-3-6-19(24)26-11-14/h3-6,11-12,15H,1,7-10H2,2H3,(H2,24,26)(H,28,31,32). The maximum absolute atomic E-state index is 13.0. The predicted molar refractivity (Wildman–Crippen MR) is 124 cm³/mol. The minimum absolute atomic E-state index is 0.0632. The first-order chi connectivity index (χ1) is 15.4. The van der Waals surface area contributed by atoms with Crippen molar-refractivity contribution in [2.75, 3.05) is 18.8 Å². The summed E-state index contributed by atoms with van der Waals surface area (Å²) in [7, 11) is 0. The number of likely N-dealkylation sites (tertiary alicyclic amines) is 1. The molecule has 0 spiro atoms. The number of rotatable bonds is 3. The first-order valence-electron chi connectivity index (χ1n) is 10.5. The molecular formula is C23H23N7O2. The average Bonchev–Trinajstić information content (AvgIpc) is 2.79. The number of aromatic nitrogens is 5. The zero-order chi connectivity index (χ0) is 22.4. The van der Waals surface area contributed by atoms with Gasteiger partial charge in [0.25, 0.3) is 5.56 Å². The monoisotopic (exact) mass is 429 g/mol. The van der Waals surface area contributed by atoms with Gasteiger partial charge in [-0.15, -0.1) is 0 Å². The predicted octanol–water partition coefficient (Wildman–Crippen LogP) is 2.45. The summed E-state index contributed by atoms with van der Waals surface area (Å²) < 4.78 is 1.69. The topological polar surface area (TPSA) is 123 Å². The number of H-pyrrole nitrogens is 1. The SMILES string of the molecule is C=C(C)N1CCC(n2c(=O)[nH]c(=O)c3cnc4ccc(-c5ccc(N)nc5)nc4c32)CC1. The number of nitrogens with one attached hydrogen (secondary N) is 1. The molecule has 4 aromatic heterocycles. The van der Waals surface area contributed by atoms with E-state index in [9.17, 15) is 9.59 Å². The van der Waals surface area contributed by atoms with E-state index in [0.717, 1.165) is 37.2 Å². The highest BCUT2D eigenvalue weighted by molar-refractivity contribution is 6.01. The molecule has 1 aliphatic rings. The van der Waals surface area contributed by atoms with Gasteiger partial charge in [0.05, 0.1) is 22.1 Å². The third-order valence-corrected chi connectivity index (χ3v) is 6.06. The van der Waals surface area contributed by atoms with Crippen LogP contribution in [-0.4, -0.2) is 42.5 Å². The van der Waals surface area contributed by atoms with E-state index in [1.807, 2.05) is 25.1 Å². The van der Waals surface area contributed by atoms with E-state index < -0.39 is 11.2 Å². The second-order valence-corrected chi connectivity index (χ2v) is 8.14. The molecule has 32 heavy (non-hydrogen) atoms. The first-order valence-corrected chi connectivity index (χ1v) is 10.5. The molecule has 162 valence electrons. The highest BCUT2D eigenvalue weighted by Gasteiger charge is 2.25. The van der Waals surface area contributed by atoms with Gasteiger partial charge in [-0.25, -0.2) is 14.8 Å². The molecule has 4 aromatic rings. The Labute approximate surface area is 183 Å². The second-order valence-electron chi connectivity index (χ2n) is 8.14. The molecule has 1 fully saturated rings. The van der Waals surface area contributed by atoms with Gasteiger partial charge in [0, 0.05) is 42.8 Å². The van der Waals surface area contributed by atoms with Crippen LogP contribution in [0.1, 0.15) is 25.8 Å². The Morgan fingerprint density at radius 2 is 1.91 bits per heavy atom. The largest absolute Gasteiger partial charge is 0.384 e. The van der Waals surface area contributed by atoms with E-state index in [0.29, 0.717) is 33.4 Å². The lowest BCUT2D eigenvalue weighted by molar-refractivity contribution is 0.228. The van der Waals surface area contributed by atoms with Gasteiger partial charge in [0.1, 0.15) is 11.3 Å². The molecule has 5 rings (SSSR count). The lowest BCUT2D eigenvalue weighted by atomic mass is 10.0. The van der Waals surface area contributed by atoms with Crippen LogP contribution in [0.5, 0.6) is 0 Å². The molecule has 1 saturated heterocycles. The van der Waals surface area contributed by atoms with Crippen molar-refractivity contribution in [2.24, 2.45) is 0 Å². The molecular weight excluding hydrogens is 406 g/mol. The second kappa shape index (κ2) is 7.60. The number of hydrogen-bond acceptors (Lipinski definition) is 7. The Bertz CT molecular complexity index is 1460. The van der Waals surface area contributed by atoms with E-state index >= 15 is 0 Å². The summed E-state index contributed by atoms with van der Waals surface area (Å²) in [5.74, 6) is 0.420. The van der Waals surface area contributed by atoms with Gasteiger partial charge in [0.15, 0.2) is 0 Å². The van der Waals surface area contributed by atoms with E-state index in [2.05, 4.69) is 26.4 Å². The van der Waals surface area contributed by atoms with Crippen LogP contribution in [0, 0.1) is 0 Å². The van der Waals surface area contributed by atoms with Crippen molar-refractivity contribution in [3.63, 3.8) is 0 Å². The van der Waals surface area contributed by atoms with Gasteiger partial charge < -0.3 is 10.6 Å². The van der Waals surface area contributed by atoms with Crippen molar-refractivity contribution in [2.45, 2.75) is 25.8 Å². The summed E-state index contributed by atoms with van der Waals surface area (Å²) >= 11 is 0. The van der Waals surface area contributed by atoms with Gasteiger partial charge in [-0.1, -0.05) is 6.58 Å². The normalized spacial score (nSPS) is 14.8. The van der Waals surface area contributed by atoms with Gasteiger partial charge in [-0.2, -0.15) is 0 Å². The molecule has 9 heteroatoms. The van der Waals surface area contributed by atoms with Crippen molar-refractivity contribution in [3.8, 4) is 11.3 Å². The van der Waals surface area contributed by atoms with Crippen molar-refractivity contribution in [1.82, 2.24) is 29.4 Å². The van der Waals surface area contributed by atoms with Gasteiger partial charge in [-0.05, 0) is 44.0 Å². The summed E-state index contributed by atoms with van der Waals surface area (Å²) in [6.45, 7) is 7.60. The van der Waals surface area contributed by atoms with Crippen molar-refractivity contribution < 1.29 is 0 Å². The molecule has 0 aromatic carbocycles. The highest BCUT2D eigenvalue weighted by atomic mass is 16.2. The van der Waals surface area contributed by atoms with Gasteiger partial charge in [-0.3, -0.25) is 19.3 Å². The lowest BCUT2D eigenvalue weighted by Crippen LogP contribution is -2.39. The summed E-state index contributed by atoms with van der Waals surface area (Å²) in [6.07, 6.45) is 4.69. The molecule has 1 aliphatic heterocycles. The molecule has 0 atom stereocenters. The van der Waals surface area contributed by atoms with Crippen LogP contribution < -0.4 is 17.0 Å². The number of fused-ring (bicyclic) bond motifs is 3. The Kier molecular flexibility index (Phi) is 4.73. The summed E-state index contributed by atoms with van der Waals surface area (Å²) in [4.78, 5) is 43.7. The zero-order valence-corrected chi connectivity index (χ0v) is 17.7. The molecule has 0 aliphatic carbocycles. The van der Waals surface area contributed by atoms with Crippen molar-refractivity contribution in [1.29, 1.82) is 0 Å². The molecule has 0 bridgehead atoms. The molecule has 5 heterocycles.